The summed E-state index contributed by atoms with van der Waals surface area (Å²) in [5.74, 6) is -0.850. The lowest BCUT2D eigenvalue weighted by Crippen LogP contribution is -2.19. The van der Waals surface area contributed by atoms with Crippen molar-refractivity contribution in [1.82, 2.24) is 0 Å². The zero-order valence-corrected chi connectivity index (χ0v) is 11.5. The average molecular weight is 288 g/mol. The van der Waals surface area contributed by atoms with Gasteiger partial charge in [0.05, 0.1) is 7.11 Å². The number of para-hydroxylation sites is 2. The molecule has 0 saturated heterocycles. The number of rotatable bonds is 6. The molecule has 2 rings (SSSR count). The van der Waals surface area contributed by atoms with Crippen LogP contribution in [-0.2, 0) is 4.79 Å². The fourth-order valence-corrected chi connectivity index (χ4v) is 1.96. The minimum atomic E-state index is -1.02. The molecular formula is C16H16O5. The van der Waals surface area contributed by atoms with Crippen molar-refractivity contribution < 1.29 is 24.5 Å². The van der Waals surface area contributed by atoms with E-state index in [2.05, 4.69) is 0 Å². The lowest BCUT2D eigenvalue weighted by atomic mass is 10.00. The molecule has 1 unspecified atom stereocenters. The van der Waals surface area contributed by atoms with Gasteiger partial charge in [0.15, 0.2) is 11.5 Å². The van der Waals surface area contributed by atoms with Crippen molar-refractivity contribution in [2.75, 3.05) is 13.7 Å². The van der Waals surface area contributed by atoms with Gasteiger partial charge in [-0.1, -0.05) is 24.3 Å². The summed E-state index contributed by atoms with van der Waals surface area (Å²) in [6, 6.07) is 13.2. The van der Waals surface area contributed by atoms with Crippen LogP contribution in [0.2, 0.25) is 0 Å². The molecule has 0 bridgehead atoms. The van der Waals surface area contributed by atoms with Crippen molar-refractivity contribution >= 4 is 5.97 Å². The number of methoxy groups -OCH3 is 1. The maximum Gasteiger partial charge on any atom is 0.314 e. The quantitative estimate of drug-likeness (QED) is 0.854. The van der Waals surface area contributed by atoms with E-state index in [1.807, 2.05) is 0 Å². The number of benzene rings is 2. The lowest BCUT2D eigenvalue weighted by Gasteiger charge is -2.16. The second kappa shape index (κ2) is 6.65. The third-order valence-electron chi connectivity index (χ3n) is 3.05. The van der Waals surface area contributed by atoms with Crippen LogP contribution in [0, 0.1) is 0 Å². The molecule has 0 aliphatic carbocycles. The molecule has 2 aromatic rings. The Kier molecular flexibility index (Phi) is 4.66. The van der Waals surface area contributed by atoms with Gasteiger partial charge in [-0.05, 0) is 29.8 Å². The fourth-order valence-electron chi connectivity index (χ4n) is 1.96. The number of hydrogen-bond acceptors (Lipinski definition) is 4. The summed E-state index contributed by atoms with van der Waals surface area (Å²) in [6.45, 7) is -0.0564. The van der Waals surface area contributed by atoms with Gasteiger partial charge >= 0.3 is 5.97 Å². The molecule has 2 aromatic carbocycles. The van der Waals surface area contributed by atoms with Crippen molar-refractivity contribution in [2.24, 2.45) is 0 Å². The smallest absolute Gasteiger partial charge is 0.314 e. The van der Waals surface area contributed by atoms with Gasteiger partial charge in [-0.3, -0.25) is 4.79 Å². The molecule has 0 saturated carbocycles. The van der Waals surface area contributed by atoms with Crippen LogP contribution < -0.4 is 9.47 Å². The molecule has 1 atom stereocenters. The van der Waals surface area contributed by atoms with E-state index in [0.29, 0.717) is 17.1 Å². The first-order valence-corrected chi connectivity index (χ1v) is 6.39. The summed E-state index contributed by atoms with van der Waals surface area (Å²) in [7, 11) is 1.52. The Morgan fingerprint density at radius 1 is 1.14 bits per heavy atom. The predicted octanol–water partition coefficient (Wildman–Crippen LogP) is 2.65. The Morgan fingerprint density at radius 3 is 2.48 bits per heavy atom. The summed E-state index contributed by atoms with van der Waals surface area (Å²) in [5, 5.41) is 18.8. The van der Waals surface area contributed by atoms with E-state index in [4.69, 9.17) is 9.47 Å². The first-order valence-electron chi connectivity index (χ1n) is 6.39. The molecule has 0 heterocycles. The topological polar surface area (TPSA) is 76.0 Å². The summed E-state index contributed by atoms with van der Waals surface area (Å²) in [4.78, 5) is 11.4. The summed E-state index contributed by atoms with van der Waals surface area (Å²) < 4.78 is 10.7. The largest absolute Gasteiger partial charge is 0.508 e. The SMILES string of the molecule is COc1ccccc1OCC(C(=O)O)c1cccc(O)c1. The van der Waals surface area contributed by atoms with Gasteiger partial charge in [-0.15, -0.1) is 0 Å². The number of aliphatic carboxylic acids is 1. The predicted molar refractivity (Wildman–Crippen MR) is 77.0 cm³/mol. The molecule has 0 radical (unpaired) electrons. The van der Waals surface area contributed by atoms with Gasteiger partial charge in [0.25, 0.3) is 0 Å². The Bertz CT molecular complexity index is 624. The second-order valence-electron chi connectivity index (χ2n) is 4.45. The number of carboxylic acids is 1. The minimum Gasteiger partial charge on any atom is -0.508 e. The van der Waals surface area contributed by atoms with Gasteiger partial charge in [-0.2, -0.15) is 0 Å². The molecule has 0 fully saturated rings. The maximum absolute atomic E-state index is 11.4. The second-order valence-corrected chi connectivity index (χ2v) is 4.45. The number of hydrogen-bond donors (Lipinski definition) is 2. The summed E-state index contributed by atoms with van der Waals surface area (Å²) >= 11 is 0. The Labute approximate surface area is 122 Å². The van der Waals surface area contributed by atoms with Crippen molar-refractivity contribution in [2.45, 2.75) is 5.92 Å². The van der Waals surface area contributed by atoms with Gasteiger partial charge in [0.2, 0.25) is 0 Å². The number of carbonyl (C=O) groups is 1. The molecule has 0 amide bonds. The van der Waals surface area contributed by atoms with E-state index in [1.165, 1.54) is 19.2 Å². The van der Waals surface area contributed by atoms with Crippen LogP contribution in [0.4, 0.5) is 0 Å². The van der Waals surface area contributed by atoms with Gasteiger partial charge < -0.3 is 19.7 Å². The van der Waals surface area contributed by atoms with Crippen LogP contribution in [0.3, 0.4) is 0 Å². The van der Waals surface area contributed by atoms with E-state index < -0.39 is 11.9 Å². The zero-order chi connectivity index (χ0) is 15.2. The number of phenols is 1. The van der Waals surface area contributed by atoms with E-state index in [-0.39, 0.29) is 12.4 Å². The number of ether oxygens (including phenoxy) is 2. The highest BCUT2D eigenvalue weighted by Gasteiger charge is 2.21. The minimum absolute atomic E-state index is 0.0241. The van der Waals surface area contributed by atoms with Gasteiger partial charge in [0.1, 0.15) is 18.3 Å². The molecule has 0 aliphatic rings. The molecule has 0 aliphatic heterocycles. The lowest BCUT2D eigenvalue weighted by molar-refractivity contribution is -0.139. The van der Waals surface area contributed by atoms with E-state index in [0.717, 1.165) is 0 Å². The van der Waals surface area contributed by atoms with Gasteiger partial charge in [0, 0.05) is 0 Å². The molecular weight excluding hydrogens is 272 g/mol. The van der Waals surface area contributed by atoms with Crippen LogP contribution in [0.15, 0.2) is 48.5 Å². The van der Waals surface area contributed by atoms with Crippen LogP contribution >= 0.6 is 0 Å². The zero-order valence-electron chi connectivity index (χ0n) is 11.5. The fraction of sp³-hybridized carbons (Fsp3) is 0.188. The van der Waals surface area contributed by atoms with Gasteiger partial charge in [-0.25, -0.2) is 0 Å². The first-order chi connectivity index (χ1) is 10.1. The van der Waals surface area contributed by atoms with E-state index in [9.17, 15) is 15.0 Å². The highest BCUT2D eigenvalue weighted by Crippen LogP contribution is 2.28. The average Bonchev–Trinajstić information content (AvgIpc) is 2.47. The molecule has 5 heteroatoms. The molecule has 110 valence electrons. The third kappa shape index (κ3) is 3.66. The molecule has 5 nitrogen and oxygen atoms in total. The van der Waals surface area contributed by atoms with Crippen molar-refractivity contribution in [1.29, 1.82) is 0 Å². The van der Waals surface area contributed by atoms with Crippen LogP contribution in [0.1, 0.15) is 11.5 Å². The summed E-state index contributed by atoms with van der Waals surface area (Å²) in [6.07, 6.45) is 0. The van der Waals surface area contributed by atoms with Crippen LogP contribution in [0.25, 0.3) is 0 Å². The number of carboxylic acid groups (broad SMARTS) is 1. The standard InChI is InChI=1S/C16H16O5/c1-20-14-7-2-3-8-15(14)21-10-13(16(18)19)11-5-4-6-12(17)9-11/h2-9,13,17H,10H2,1H3,(H,18,19). The molecule has 0 spiro atoms. The summed E-state index contributed by atoms with van der Waals surface area (Å²) in [5.41, 5.74) is 0.484. The molecule has 2 N–H and O–H groups in total. The van der Waals surface area contributed by atoms with Crippen molar-refractivity contribution in [3.63, 3.8) is 0 Å². The van der Waals surface area contributed by atoms with Crippen LogP contribution in [-0.4, -0.2) is 29.9 Å². The third-order valence-corrected chi connectivity index (χ3v) is 3.05. The Morgan fingerprint density at radius 2 is 1.86 bits per heavy atom. The Balaban J connectivity index is 2.16. The first kappa shape index (κ1) is 14.7. The maximum atomic E-state index is 11.4. The number of aromatic hydroxyl groups is 1. The molecule has 21 heavy (non-hydrogen) atoms. The van der Waals surface area contributed by atoms with Crippen molar-refractivity contribution in [3.05, 3.63) is 54.1 Å². The molecule has 0 aromatic heterocycles. The van der Waals surface area contributed by atoms with Crippen molar-refractivity contribution in [3.8, 4) is 17.2 Å². The highest BCUT2D eigenvalue weighted by molar-refractivity contribution is 5.76. The van der Waals surface area contributed by atoms with E-state index in [1.54, 1.807) is 36.4 Å². The normalized spacial score (nSPS) is 11.7. The monoisotopic (exact) mass is 288 g/mol. The Hall–Kier alpha value is -2.69. The van der Waals surface area contributed by atoms with E-state index >= 15 is 0 Å². The highest BCUT2D eigenvalue weighted by atomic mass is 16.5. The number of phenolic OH excluding ortho intramolecular Hbond substituents is 1. The van der Waals surface area contributed by atoms with Crippen LogP contribution in [0.5, 0.6) is 17.2 Å².